The molecule has 282 valence electrons. The van der Waals surface area contributed by atoms with Gasteiger partial charge in [-0.05, 0) is 80.1 Å². The number of ether oxygens (including phenoxy) is 2. The Kier molecular flexibility index (Phi) is 11.2. The van der Waals surface area contributed by atoms with Crippen LogP contribution in [0.5, 0.6) is 5.75 Å². The molecule has 0 bridgehead atoms. The summed E-state index contributed by atoms with van der Waals surface area (Å²) in [6.07, 6.45) is 9.48. The summed E-state index contributed by atoms with van der Waals surface area (Å²) in [5.41, 5.74) is 2.02. The standard InChI is InChI=1S/C22H19FN4O3.C18H19N3O3S/c23-17-3-1-2-4-18(17)27-12-8-19(26-27)25-20(28)14-5-9-22(10-6-14)16-13-24-11-7-15(16)21(29)30-22;1-21(16-4-2-3-9-19-16)10-11-24-14-7-5-13(6-8-14)12-15-17(22)20-18(23)25-15/h1-4,7-8,11-14H,5-6,9-10H2,(H,25,26,28);2-9,15H,10-12H2,1H3,(H,20,22,23). The molecule has 2 aromatic carbocycles. The molecular weight excluding hydrogens is 726 g/mol. The lowest BCUT2D eigenvalue weighted by molar-refractivity contribution is -0.123. The third kappa shape index (κ3) is 8.67. The van der Waals surface area contributed by atoms with E-state index in [-0.39, 0.29) is 34.2 Å². The highest BCUT2D eigenvalue weighted by atomic mass is 32.2. The molecule has 55 heavy (non-hydrogen) atoms. The van der Waals surface area contributed by atoms with Crippen molar-refractivity contribution >= 4 is 46.4 Å². The SMILES string of the molecule is CN(CCOc1ccc(CC2SC(=O)NC2=O)cc1)c1ccccn1.O=C1OC2(CCC(C(=O)Nc3ccn(-c4ccccc4F)n3)CC2)c2cnccc21. The van der Waals surface area contributed by atoms with Gasteiger partial charge >= 0.3 is 5.97 Å². The van der Waals surface area contributed by atoms with Gasteiger partial charge in [-0.2, -0.15) is 0 Å². The van der Waals surface area contributed by atoms with Crippen molar-refractivity contribution in [2.24, 2.45) is 5.92 Å². The molecule has 2 aliphatic heterocycles. The molecule has 0 radical (unpaired) electrons. The molecule has 3 aliphatic rings. The number of hydrogen-bond donors (Lipinski definition) is 2. The van der Waals surface area contributed by atoms with E-state index < -0.39 is 11.4 Å². The molecule has 13 nitrogen and oxygen atoms in total. The summed E-state index contributed by atoms with van der Waals surface area (Å²) in [5, 5.41) is 8.76. The van der Waals surface area contributed by atoms with Crippen LogP contribution in [-0.4, -0.2) is 68.2 Å². The number of likely N-dealkylation sites (N-methyl/N-ethyl adjacent to an activating group) is 1. The van der Waals surface area contributed by atoms with Crippen LogP contribution in [0.1, 0.15) is 47.2 Å². The minimum absolute atomic E-state index is 0.139. The zero-order chi connectivity index (χ0) is 38.4. The highest BCUT2D eigenvalue weighted by Crippen LogP contribution is 2.48. The number of pyridine rings is 2. The topological polar surface area (TPSA) is 158 Å². The van der Waals surface area contributed by atoms with Gasteiger partial charge in [0, 0.05) is 49.4 Å². The van der Waals surface area contributed by atoms with E-state index in [4.69, 9.17) is 9.47 Å². The lowest BCUT2D eigenvalue weighted by Gasteiger charge is -2.35. The molecule has 1 unspecified atom stereocenters. The molecule has 15 heteroatoms. The van der Waals surface area contributed by atoms with Gasteiger partial charge in [-0.25, -0.2) is 18.9 Å². The first kappa shape index (κ1) is 37.2. The molecule has 1 saturated carbocycles. The Morgan fingerprint density at radius 3 is 2.55 bits per heavy atom. The normalized spacial score (nSPS) is 19.9. The zero-order valence-electron chi connectivity index (χ0n) is 29.9. The van der Waals surface area contributed by atoms with Crippen molar-refractivity contribution in [2.45, 2.75) is 43.0 Å². The molecule has 3 aromatic heterocycles. The summed E-state index contributed by atoms with van der Waals surface area (Å²) >= 11 is 1.05. The average Bonchev–Trinajstić information content (AvgIpc) is 3.87. The number of nitrogens with one attached hydrogen (secondary N) is 2. The Labute approximate surface area is 320 Å². The molecule has 2 N–H and O–H groups in total. The maximum absolute atomic E-state index is 13.9. The molecule has 3 amide bonds. The fourth-order valence-corrected chi connectivity index (χ4v) is 7.65. The number of imide groups is 1. The van der Waals surface area contributed by atoms with Gasteiger partial charge < -0.3 is 19.7 Å². The van der Waals surface area contributed by atoms with Crippen LogP contribution >= 0.6 is 11.8 Å². The fraction of sp³-hybridized carbons (Fsp3) is 0.275. The first-order valence-electron chi connectivity index (χ1n) is 17.8. The van der Waals surface area contributed by atoms with Crippen LogP contribution < -0.4 is 20.3 Å². The Morgan fingerprint density at radius 2 is 1.82 bits per heavy atom. The van der Waals surface area contributed by atoms with Crippen LogP contribution in [0.3, 0.4) is 0 Å². The van der Waals surface area contributed by atoms with Gasteiger partial charge in [0.25, 0.3) is 5.24 Å². The number of anilines is 2. The van der Waals surface area contributed by atoms with E-state index in [0.29, 0.717) is 55.8 Å². The predicted molar refractivity (Wildman–Crippen MR) is 204 cm³/mol. The number of nitrogens with zero attached hydrogens (tertiary/aromatic N) is 5. The summed E-state index contributed by atoms with van der Waals surface area (Å²) in [5.74, 6) is 0.762. The Balaban J connectivity index is 0.000000172. The van der Waals surface area contributed by atoms with Crippen molar-refractivity contribution in [1.29, 1.82) is 0 Å². The van der Waals surface area contributed by atoms with Crippen molar-refractivity contribution in [3.05, 3.63) is 126 Å². The number of amides is 3. The average molecular weight is 764 g/mol. The molecule has 1 atom stereocenters. The predicted octanol–water partition coefficient (Wildman–Crippen LogP) is 6.09. The zero-order valence-corrected chi connectivity index (χ0v) is 30.7. The molecule has 1 saturated heterocycles. The summed E-state index contributed by atoms with van der Waals surface area (Å²) in [7, 11) is 1.97. The minimum atomic E-state index is -0.677. The lowest BCUT2D eigenvalue weighted by Crippen LogP contribution is -2.36. The molecule has 2 fully saturated rings. The number of esters is 1. The lowest BCUT2D eigenvalue weighted by atomic mass is 9.75. The van der Waals surface area contributed by atoms with E-state index in [1.165, 1.54) is 10.7 Å². The van der Waals surface area contributed by atoms with E-state index in [1.807, 2.05) is 54.4 Å². The summed E-state index contributed by atoms with van der Waals surface area (Å²) < 4.78 is 26.8. The largest absolute Gasteiger partial charge is 0.492 e. The van der Waals surface area contributed by atoms with Gasteiger partial charge in [0.2, 0.25) is 11.8 Å². The van der Waals surface area contributed by atoms with Gasteiger partial charge in [0.1, 0.15) is 35.3 Å². The van der Waals surface area contributed by atoms with Crippen molar-refractivity contribution in [3.63, 3.8) is 0 Å². The molecule has 5 heterocycles. The molecule has 8 rings (SSSR count). The third-order valence-electron chi connectivity index (χ3n) is 9.77. The van der Waals surface area contributed by atoms with Crippen LogP contribution in [0, 0.1) is 11.7 Å². The molecule has 1 aliphatic carbocycles. The van der Waals surface area contributed by atoms with E-state index in [1.54, 1.807) is 55.1 Å². The Morgan fingerprint density at radius 1 is 1.04 bits per heavy atom. The first-order chi connectivity index (χ1) is 26.7. The van der Waals surface area contributed by atoms with Gasteiger partial charge in [0.05, 0.1) is 17.4 Å². The first-order valence-corrected chi connectivity index (χ1v) is 18.7. The van der Waals surface area contributed by atoms with Crippen LogP contribution in [-0.2, 0) is 26.3 Å². The van der Waals surface area contributed by atoms with E-state index in [2.05, 4.69) is 25.7 Å². The quantitative estimate of drug-likeness (QED) is 0.159. The number of hydrogen-bond acceptors (Lipinski definition) is 11. The highest BCUT2D eigenvalue weighted by Gasteiger charge is 2.48. The van der Waals surface area contributed by atoms with Crippen LogP contribution in [0.25, 0.3) is 5.69 Å². The molecular formula is C40H38FN7O6S. The highest BCUT2D eigenvalue weighted by molar-refractivity contribution is 8.15. The summed E-state index contributed by atoms with van der Waals surface area (Å²) in [6, 6.07) is 23.0. The van der Waals surface area contributed by atoms with Crippen molar-refractivity contribution < 1.29 is 33.0 Å². The minimum Gasteiger partial charge on any atom is -0.492 e. The second-order valence-electron chi connectivity index (χ2n) is 13.4. The van der Waals surface area contributed by atoms with E-state index in [0.717, 1.165) is 41.0 Å². The second kappa shape index (κ2) is 16.5. The Bertz CT molecular complexity index is 2180. The smallest absolute Gasteiger partial charge is 0.339 e. The maximum atomic E-state index is 13.9. The summed E-state index contributed by atoms with van der Waals surface area (Å²) in [4.78, 5) is 58.1. The van der Waals surface area contributed by atoms with Crippen molar-refractivity contribution in [2.75, 3.05) is 30.4 Å². The van der Waals surface area contributed by atoms with Crippen LogP contribution in [0.4, 0.5) is 20.8 Å². The number of benzene rings is 2. The van der Waals surface area contributed by atoms with Gasteiger partial charge in [-0.3, -0.25) is 24.7 Å². The monoisotopic (exact) mass is 763 g/mol. The fourth-order valence-electron chi connectivity index (χ4n) is 6.79. The van der Waals surface area contributed by atoms with E-state index in [9.17, 15) is 23.6 Å². The third-order valence-corrected chi connectivity index (χ3v) is 10.8. The number of halogens is 1. The Hall–Kier alpha value is -6.09. The number of fused-ring (bicyclic) bond motifs is 2. The number of para-hydroxylation sites is 1. The number of rotatable bonds is 10. The second-order valence-corrected chi connectivity index (χ2v) is 14.5. The number of carbonyl (C=O) groups is 4. The van der Waals surface area contributed by atoms with Crippen molar-refractivity contribution in [1.82, 2.24) is 25.1 Å². The number of carbonyl (C=O) groups excluding carboxylic acids is 4. The number of thioether (sulfide) groups is 1. The molecule has 5 aromatic rings. The maximum Gasteiger partial charge on any atom is 0.339 e. The van der Waals surface area contributed by atoms with Gasteiger partial charge in [-0.15, -0.1) is 5.10 Å². The van der Waals surface area contributed by atoms with Crippen LogP contribution in [0.15, 0.2) is 104 Å². The van der Waals surface area contributed by atoms with Crippen LogP contribution in [0.2, 0.25) is 0 Å². The number of aromatic nitrogens is 4. The van der Waals surface area contributed by atoms with Crippen molar-refractivity contribution in [3.8, 4) is 11.4 Å². The van der Waals surface area contributed by atoms with Gasteiger partial charge in [0.15, 0.2) is 5.82 Å². The van der Waals surface area contributed by atoms with Gasteiger partial charge in [-0.1, -0.05) is 42.1 Å². The van der Waals surface area contributed by atoms with E-state index >= 15 is 0 Å². The molecule has 1 spiro atoms. The summed E-state index contributed by atoms with van der Waals surface area (Å²) in [6.45, 7) is 1.27.